The highest BCUT2D eigenvalue weighted by Crippen LogP contribution is 2.26. The van der Waals surface area contributed by atoms with Gasteiger partial charge in [-0.25, -0.2) is 4.98 Å². The fourth-order valence-electron chi connectivity index (χ4n) is 1.96. The minimum Gasteiger partial charge on any atom is -0.399 e. The molecule has 0 radical (unpaired) electrons. The summed E-state index contributed by atoms with van der Waals surface area (Å²) in [6.07, 6.45) is 2.91. The van der Waals surface area contributed by atoms with Crippen molar-refractivity contribution in [2.45, 2.75) is 32.2 Å². The van der Waals surface area contributed by atoms with E-state index in [1.165, 1.54) is 0 Å². The summed E-state index contributed by atoms with van der Waals surface area (Å²) in [4.78, 5) is 16.5. The number of hydrogen-bond donors (Lipinski definition) is 2. The molecule has 1 atom stereocenters. The van der Waals surface area contributed by atoms with Gasteiger partial charge in [-0.2, -0.15) is 0 Å². The third-order valence-electron chi connectivity index (χ3n) is 3.37. The number of rotatable bonds is 5. The number of halogens is 2. The van der Waals surface area contributed by atoms with Crippen molar-refractivity contribution < 1.29 is 4.79 Å². The van der Waals surface area contributed by atoms with Crippen LogP contribution in [-0.4, -0.2) is 10.9 Å². The highest BCUT2D eigenvalue weighted by Gasteiger charge is 2.28. The summed E-state index contributed by atoms with van der Waals surface area (Å²) in [5.41, 5.74) is 6.89. The van der Waals surface area contributed by atoms with E-state index in [-0.39, 0.29) is 30.7 Å². The van der Waals surface area contributed by atoms with E-state index in [2.05, 4.69) is 10.3 Å². The fourth-order valence-corrected chi connectivity index (χ4v) is 2.79. The zero-order valence-electron chi connectivity index (χ0n) is 12.5. The van der Waals surface area contributed by atoms with Crippen molar-refractivity contribution in [2.24, 2.45) is 0 Å². The molecule has 0 aliphatic carbocycles. The van der Waals surface area contributed by atoms with Crippen LogP contribution in [0.25, 0.3) is 0 Å². The van der Waals surface area contributed by atoms with E-state index >= 15 is 0 Å². The smallest absolute Gasteiger partial charge is 0.225 e. The zero-order valence-corrected chi connectivity index (χ0v) is 15.0. The predicted molar refractivity (Wildman–Crippen MR) is 97.0 cm³/mol. The lowest BCUT2D eigenvalue weighted by molar-refractivity contribution is -0.122. The van der Waals surface area contributed by atoms with Crippen LogP contribution >= 0.6 is 36.2 Å². The Hall–Kier alpha value is -1.30. The van der Waals surface area contributed by atoms with Crippen LogP contribution in [0.3, 0.4) is 0 Å². The van der Waals surface area contributed by atoms with Gasteiger partial charge in [0.2, 0.25) is 5.91 Å². The van der Waals surface area contributed by atoms with Crippen molar-refractivity contribution in [3.63, 3.8) is 0 Å². The van der Waals surface area contributed by atoms with E-state index in [1.807, 2.05) is 43.5 Å². The minimum absolute atomic E-state index is 0. The van der Waals surface area contributed by atoms with E-state index in [0.717, 1.165) is 17.0 Å². The van der Waals surface area contributed by atoms with Gasteiger partial charge in [0.05, 0.1) is 12.0 Å². The largest absolute Gasteiger partial charge is 0.399 e. The average molecular weight is 362 g/mol. The van der Waals surface area contributed by atoms with Crippen LogP contribution in [0.15, 0.2) is 35.8 Å². The normalized spacial score (nSPS) is 12.5. The number of hydrogen-bond acceptors (Lipinski definition) is 4. The summed E-state index contributed by atoms with van der Waals surface area (Å²) in [5, 5.41) is 5.95. The molecule has 1 heterocycles. The number of thiazole rings is 1. The summed E-state index contributed by atoms with van der Waals surface area (Å²) < 4.78 is 0. The maximum Gasteiger partial charge on any atom is 0.225 e. The van der Waals surface area contributed by atoms with E-state index < -0.39 is 5.54 Å². The molecule has 0 fully saturated rings. The van der Waals surface area contributed by atoms with Crippen LogP contribution in [0.2, 0.25) is 0 Å². The third kappa shape index (κ3) is 5.16. The number of carbonyl (C=O) groups is 1. The number of nitrogens with one attached hydrogen (secondary N) is 1. The molecule has 1 aromatic carbocycles. The van der Waals surface area contributed by atoms with E-state index in [9.17, 15) is 4.79 Å². The molecule has 7 heteroatoms. The molecular formula is C15H21Cl2N3OS. The SMILES string of the molecule is CCC(C)(NC(=O)Cc1ccc(N)cc1)c1nccs1.Cl.Cl. The molecule has 122 valence electrons. The van der Waals surface area contributed by atoms with Crippen LogP contribution in [0.1, 0.15) is 30.8 Å². The average Bonchev–Trinajstić information content (AvgIpc) is 2.96. The first-order valence-electron chi connectivity index (χ1n) is 6.59. The van der Waals surface area contributed by atoms with Gasteiger partial charge in [-0.15, -0.1) is 36.2 Å². The van der Waals surface area contributed by atoms with Gasteiger partial charge in [0, 0.05) is 17.3 Å². The molecule has 3 N–H and O–H groups in total. The zero-order chi connectivity index (χ0) is 14.6. The molecule has 1 amide bonds. The van der Waals surface area contributed by atoms with Gasteiger partial charge in [-0.3, -0.25) is 4.79 Å². The number of carbonyl (C=O) groups excluding carboxylic acids is 1. The molecule has 0 bridgehead atoms. The molecule has 2 aromatic rings. The number of amides is 1. The van der Waals surface area contributed by atoms with Crippen LogP contribution in [-0.2, 0) is 16.8 Å². The number of nitrogens with zero attached hydrogens (tertiary/aromatic N) is 1. The van der Waals surface area contributed by atoms with Crippen molar-refractivity contribution in [1.29, 1.82) is 0 Å². The number of benzene rings is 1. The second-order valence-corrected chi connectivity index (χ2v) is 5.88. The lowest BCUT2D eigenvalue weighted by Gasteiger charge is -2.27. The molecule has 1 aromatic heterocycles. The Morgan fingerprint density at radius 3 is 2.45 bits per heavy atom. The van der Waals surface area contributed by atoms with Crippen LogP contribution < -0.4 is 11.1 Å². The highest BCUT2D eigenvalue weighted by molar-refractivity contribution is 7.09. The molecule has 2 rings (SSSR count). The lowest BCUT2D eigenvalue weighted by atomic mass is 9.99. The number of aromatic nitrogens is 1. The topological polar surface area (TPSA) is 68.0 Å². The maximum atomic E-state index is 12.2. The number of nitrogens with two attached hydrogens (primary N) is 1. The quantitative estimate of drug-likeness (QED) is 0.800. The van der Waals surface area contributed by atoms with Crippen LogP contribution in [0, 0.1) is 0 Å². The Balaban J connectivity index is 0.00000220. The molecule has 22 heavy (non-hydrogen) atoms. The van der Waals surface area contributed by atoms with Gasteiger partial charge in [0.25, 0.3) is 0 Å². The molecule has 1 unspecified atom stereocenters. The van der Waals surface area contributed by atoms with Crippen molar-refractivity contribution in [2.75, 3.05) is 5.73 Å². The van der Waals surface area contributed by atoms with Gasteiger partial charge < -0.3 is 11.1 Å². The number of nitrogen functional groups attached to an aromatic ring is 1. The molecule has 4 nitrogen and oxygen atoms in total. The Morgan fingerprint density at radius 2 is 1.95 bits per heavy atom. The van der Waals surface area contributed by atoms with Crippen molar-refractivity contribution in [1.82, 2.24) is 10.3 Å². The Morgan fingerprint density at radius 1 is 1.32 bits per heavy atom. The molecule has 0 saturated carbocycles. The molecule has 0 spiro atoms. The van der Waals surface area contributed by atoms with Crippen molar-refractivity contribution in [3.8, 4) is 0 Å². The van der Waals surface area contributed by atoms with E-state index in [0.29, 0.717) is 12.1 Å². The highest BCUT2D eigenvalue weighted by atomic mass is 35.5. The van der Waals surface area contributed by atoms with Crippen LogP contribution in [0.4, 0.5) is 5.69 Å². The summed E-state index contributed by atoms with van der Waals surface area (Å²) in [6, 6.07) is 7.37. The van der Waals surface area contributed by atoms with Crippen molar-refractivity contribution in [3.05, 3.63) is 46.4 Å². The summed E-state index contributed by atoms with van der Waals surface area (Å²) >= 11 is 1.56. The molecule has 0 saturated heterocycles. The van der Waals surface area contributed by atoms with E-state index in [1.54, 1.807) is 17.5 Å². The predicted octanol–water partition coefficient (Wildman–Crippen LogP) is 3.55. The lowest BCUT2D eigenvalue weighted by Crippen LogP contribution is -2.43. The van der Waals surface area contributed by atoms with Gasteiger partial charge in [0.1, 0.15) is 5.01 Å². The first kappa shape index (κ1) is 20.7. The monoisotopic (exact) mass is 361 g/mol. The Kier molecular flexibility index (Phi) is 8.45. The van der Waals surface area contributed by atoms with E-state index in [4.69, 9.17) is 5.73 Å². The second-order valence-electron chi connectivity index (χ2n) is 4.99. The standard InChI is InChI=1S/C15H19N3OS.2ClH/c1-3-15(2,14-17-8-9-20-14)18-13(19)10-11-4-6-12(16)7-5-11;;/h4-9H,3,10,16H2,1-2H3,(H,18,19);2*1H. The van der Waals surface area contributed by atoms with Gasteiger partial charge >= 0.3 is 0 Å². The van der Waals surface area contributed by atoms with Gasteiger partial charge in [-0.05, 0) is 31.0 Å². The molecular weight excluding hydrogens is 341 g/mol. The minimum atomic E-state index is -0.404. The Labute approximate surface area is 147 Å². The van der Waals surface area contributed by atoms with Gasteiger partial charge in [-0.1, -0.05) is 19.1 Å². The first-order valence-corrected chi connectivity index (χ1v) is 7.47. The summed E-state index contributed by atoms with van der Waals surface area (Å²) in [6.45, 7) is 4.05. The first-order chi connectivity index (χ1) is 9.53. The van der Waals surface area contributed by atoms with Gasteiger partial charge in [0.15, 0.2) is 0 Å². The number of anilines is 1. The maximum absolute atomic E-state index is 12.2. The summed E-state index contributed by atoms with van der Waals surface area (Å²) in [7, 11) is 0. The second kappa shape index (κ2) is 8.98. The van der Waals surface area contributed by atoms with Crippen LogP contribution in [0.5, 0.6) is 0 Å². The fraction of sp³-hybridized carbons (Fsp3) is 0.333. The summed E-state index contributed by atoms with van der Waals surface area (Å²) in [5.74, 6) is -0.00526. The molecule has 0 aliphatic heterocycles. The van der Waals surface area contributed by atoms with Crippen molar-refractivity contribution >= 4 is 47.7 Å². The molecule has 0 aliphatic rings. The Bertz CT molecular complexity index is 575. The third-order valence-corrected chi connectivity index (χ3v) is 4.41.